The van der Waals surface area contributed by atoms with E-state index in [0.29, 0.717) is 0 Å². The number of aromatic nitrogens is 1. The molecule has 1 saturated carbocycles. The Bertz CT molecular complexity index is 284. The second kappa shape index (κ2) is 5.08. The predicted molar refractivity (Wildman–Crippen MR) is 64.9 cm³/mol. The number of hydrogen-bond donors (Lipinski definition) is 1. The summed E-state index contributed by atoms with van der Waals surface area (Å²) in [5.41, 5.74) is 5.85. The Kier molecular flexibility index (Phi) is 3.76. The van der Waals surface area contributed by atoms with Gasteiger partial charge in [0.2, 0.25) is 0 Å². The highest BCUT2D eigenvalue weighted by Gasteiger charge is 2.28. The van der Waals surface area contributed by atoms with Crippen molar-refractivity contribution < 1.29 is 0 Å². The minimum atomic E-state index is 0.727. The fraction of sp³-hybridized carbons (Fsp3) is 0.750. The third-order valence-corrected chi connectivity index (χ3v) is 4.43. The van der Waals surface area contributed by atoms with Gasteiger partial charge in [-0.3, -0.25) is 0 Å². The van der Waals surface area contributed by atoms with E-state index in [1.54, 1.807) is 11.3 Å². The van der Waals surface area contributed by atoms with Crippen LogP contribution in [-0.2, 0) is 6.42 Å². The third-order valence-electron chi connectivity index (χ3n) is 3.63. The molecule has 2 N–H and O–H groups in total. The first-order chi connectivity index (χ1) is 7.29. The number of rotatable bonds is 3. The predicted octanol–water partition coefficient (Wildman–Crippen LogP) is 2.70. The fourth-order valence-electron chi connectivity index (χ4n) is 2.70. The van der Waals surface area contributed by atoms with Crippen LogP contribution in [0.1, 0.15) is 31.2 Å². The van der Waals surface area contributed by atoms with Crippen LogP contribution in [0.2, 0.25) is 0 Å². The van der Waals surface area contributed by atoms with Crippen LogP contribution in [0.25, 0.3) is 0 Å². The lowest BCUT2D eigenvalue weighted by Gasteiger charge is -2.33. The molecule has 1 heterocycles. The number of nitrogens with two attached hydrogens (primary N) is 1. The monoisotopic (exact) mass is 224 g/mol. The Morgan fingerprint density at radius 2 is 2.33 bits per heavy atom. The molecule has 0 bridgehead atoms. The Morgan fingerprint density at radius 3 is 3.00 bits per heavy atom. The van der Waals surface area contributed by atoms with Gasteiger partial charge in [0, 0.05) is 18.0 Å². The van der Waals surface area contributed by atoms with Crippen molar-refractivity contribution in [1.29, 1.82) is 0 Å². The van der Waals surface area contributed by atoms with Gasteiger partial charge in [-0.05, 0) is 37.1 Å². The Balaban J connectivity index is 1.98. The molecule has 1 fully saturated rings. The lowest BCUT2D eigenvalue weighted by Crippen LogP contribution is -2.30. The molecule has 3 unspecified atom stereocenters. The zero-order chi connectivity index (χ0) is 10.7. The van der Waals surface area contributed by atoms with E-state index in [0.717, 1.165) is 30.7 Å². The first-order valence-corrected chi connectivity index (χ1v) is 6.76. The largest absolute Gasteiger partial charge is 0.330 e. The summed E-state index contributed by atoms with van der Waals surface area (Å²) in [5.74, 6) is 2.37. The van der Waals surface area contributed by atoms with Gasteiger partial charge in [0.15, 0.2) is 0 Å². The Morgan fingerprint density at radius 1 is 1.47 bits per heavy atom. The minimum absolute atomic E-state index is 0.727. The van der Waals surface area contributed by atoms with Crippen LogP contribution in [0.4, 0.5) is 0 Å². The fourth-order valence-corrected chi connectivity index (χ4v) is 3.41. The van der Waals surface area contributed by atoms with Crippen LogP contribution >= 0.6 is 11.3 Å². The zero-order valence-electron chi connectivity index (χ0n) is 9.36. The maximum absolute atomic E-state index is 5.85. The van der Waals surface area contributed by atoms with Crippen LogP contribution in [0.3, 0.4) is 0 Å². The lowest BCUT2D eigenvalue weighted by atomic mass is 9.73. The highest BCUT2D eigenvalue weighted by atomic mass is 32.1. The van der Waals surface area contributed by atoms with Crippen molar-refractivity contribution in [2.45, 2.75) is 32.6 Å². The van der Waals surface area contributed by atoms with Crippen molar-refractivity contribution in [3.8, 4) is 0 Å². The van der Waals surface area contributed by atoms with Crippen molar-refractivity contribution >= 4 is 11.3 Å². The topological polar surface area (TPSA) is 38.9 Å². The molecule has 3 heteroatoms. The van der Waals surface area contributed by atoms with Crippen LogP contribution in [-0.4, -0.2) is 11.5 Å². The molecule has 1 aliphatic rings. The van der Waals surface area contributed by atoms with Gasteiger partial charge >= 0.3 is 0 Å². The molecule has 2 nitrogen and oxygen atoms in total. The molecule has 0 amide bonds. The van der Waals surface area contributed by atoms with Crippen molar-refractivity contribution in [1.82, 2.24) is 4.98 Å². The molecule has 2 rings (SSSR count). The third kappa shape index (κ3) is 2.79. The van der Waals surface area contributed by atoms with Crippen LogP contribution < -0.4 is 5.73 Å². The summed E-state index contributed by atoms with van der Waals surface area (Å²) in [6.45, 7) is 3.21. The van der Waals surface area contributed by atoms with Gasteiger partial charge in [-0.1, -0.05) is 13.3 Å². The van der Waals surface area contributed by atoms with E-state index in [2.05, 4.69) is 17.3 Å². The molecular formula is C12H20N2S. The highest BCUT2D eigenvalue weighted by molar-refractivity contribution is 7.09. The first-order valence-electron chi connectivity index (χ1n) is 5.88. The average Bonchev–Trinajstić information content (AvgIpc) is 2.71. The van der Waals surface area contributed by atoms with Crippen LogP contribution in [0.15, 0.2) is 11.6 Å². The van der Waals surface area contributed by atoms with Crippen LogP contribution in [0, 0.1) is 17.8 Å². The summed E-state index contributed by atoms with van der Waals surface area (Å²) >= 11 is 1.78. The summed E-state index contributed by atoms with van der Waals surface area (Å²) in [7, 11) is 0. The van der Waals surface area contributed by atoms with E-state index in [-0.39, 0.29) is 0 Å². The van der Waals surface area contributed by atoms with Crippen molar-refractivity contribution in [2.24, 2.45) is 23.5 Å². The Hall–Kier alpha value is -0.410. The average molecular weight is 224 g/mol. The zero-order valence-corrected chi connectivity index (χ0v) is 10.2. The molecule has 1 aromatic rings. The molecular weight excluding hydrogens is 204 g/mol. The Labute approximate surface area is 95.9 Å². The van der Waals surface area contributed by atoms with Gasteiger partial charge in [-0.25, -0.2) is 4.98 Å². The van der Waals surface area contributed by atoms with Crippen molar-refractivity contribution in [3.05, 3.63) is 16.6 Å². The van der Waals surface area contributed by atoms with Crippen molar-refractivity contribution in [3.63, 3.8) is 0 Å². The quantitative estimate of drug-likeness (QED) is 0.857. The first kappa shape index (κ1) is 11.1. The summed E-state index contributed by atoms with van der Waals surface area (Å²) in [5, 5.41) is 3.35. The van der Waals surface area contributed by atoms with E-state index in [1.807, 2.05) is 6.20 Å². The second-order valence-electron chi connectivity index (χ2n) is 4.80. The molecule has 0 spiro atoms. The molecule has 1 aliphatic carbocycles. The van der Waals surface area contributed by atoms with Gasteiger partial charge in [0.05, 0.1) is 5.01 Å². The van der Waals surface area contributed by atoms with Gasteiger partial charge in [-0.15, -0.1) is 11.3 Å². The summed E-state index contributed by atoms with van der Waals surface area (Å²) < 4.78 is 0. The maximum Gasteiger partial charge on any atom is 0.0927 e. The number of thiazole rings is 1. The molecule has 84 valence electrons. The summed E-state index contributed by atoms with van der Waals surface area (Å²) in [6, 6.07) is 0. The molecule has 15 heavy (non-hydrogen) atoms. The van der Waals surface area contributed by atoms with E-state index in [1.165, 1.54) is 24.3 Å². The summed E-state index contributed by atoms with van der Waals surface area (Å²) in [6.07, 6.45) is 7.05. The lowest BCUT2D eigenvalue weighted by molar-refractivity contribution is 0.193. The molecule has 0 aromatic carbocycles. The van der Waals surface area contributed by atoms with E-state index >= 15 is 0 Å². The van der Waals surface area contributed by atoms with E-state index in [9.17, 15) is 0 Å². The summed E-state index contributed by atoms with van der Waals surface area (Å²) in [4.78, 5) is 4.38. The SMILES string of the molecule is CC1CCC(CN)C(Cc2nccs2)C1. The van der Waals surface area contributed by atoms with E-state index < -0.39 is 0 Å². The smallest absolute Gasteiger partial charge is 0.0927 e. The number of nitrogens with zero attached hydrogens (tertiary/aromatic N) is 1. The standard InChI is InChI=1S/C12H20N2S/c1-9-2-3-10(8-13)11(6-9)7-12-14-4-5-15-12/h4-5,9-11H,2-3,6-8,13H2,1H3. The van der Waals surface area contributed by atoms with Gasteiger partial charge in [0.25, 0.3) is 0 Å². The normalized spacial score (nSPS) is 31.7. The highest BCUT2D eigenvalue weighted by Crippen LogP contribution is 2.35. The molecule has 1 aromatic heterocycles. The molecule has 0 saturated heterocycles. The van der Waals surface area contributed by atoms with Gasteiger partial charge in [-0.2, -0.15) is 0 Å². The van der Waals surface area contributed by atoms with Gasteiger partial charge in [0.1, 0.15) is 0 Å². The molecule has 3 atom stereocenters. The second-order valence-corrected chi connectivity index (χ2v) is 5.78. The number of hydrogen-bond acceptors (Lipinski definition) is 3. The van der Waals surface area contributed by atoms with Gasteiger partial charge < -0.3 is 5.73 Å². The maximum atomic E-state index is 5.85. The van der Waals surface area contributed by atoms with E-state index in [4.69, 9.17) is 5.73 Å². The van der Waals surface area contributed by atoms with Crippen LogP contribution in [0.5, 0.6) is 0 Å². The van der Waals surface area contributed by atoms with Crippen molar-refractivity contribution in [2.75, 3.05) is 6.54 Å². The minimum Gasteiger partial charge on any atom is -0.330 e. The molecule has 0 aliphatic heterocycles. The molecule has 0 radical (unpaired) electrons.